The number of azo groups is 1. The van der Waals surface area contributed by atoms with Crippen molar-refractivity contribution in [3.05, 3.63) is 36.3 Å². The molecule has 0 fully saturated rings. The van der Waals surface area contributed by atoms with Gasteiger partial charge in [-0.2, -0.15) is 15.3 Å². The van der Waals surface area contributed by atoms with Crippen molar-refractivity contribution in [2.45, 2.75) is 6.54 Å². The Kier molecular flexibility index (Phi) is 3.13. The fourth-order valence-corrected chi connectivity index (χ4v) is 1.61. The second-order valence-electron chi connectivity index (χ2n) is 3.75. The summed E-state index contributed by atoms with van der Waals surface area (Å²) in [7, 11) is 3.58. The minimum absolute atomic E-state index is 0.530. The Morgan fingerprint density at radius 3 is 3.06 bits per heavy atom. The van der Waals surface area contributed by atoms with Gasteiger partial charge in [0.25, 0.3) is 0 Å². The van der Waals surface area contributed by atoms with E-state index in [0.717, 1.165) is 5.56 Å². The Morgan fingerprint density at radius 1 is 1.53 bits per heavy atom. The van der Waals surface area contributed by atoms with Crippen molar-refractivity contribution >= 4 is 11.5 Å². The average molecular weight is 231 g/mol. The minimum Gasteiger partial charge on any atom is -0.382 e. The molecule has 0 unspecified atom stereocenters. The van der Waals surface area contributed by atoms with Gasteiger partial charge in [-0.25, -0.2) is 9.25 Å². The van der Waals surface area contributed by atoms with Crippen LogP contribution in [0.15, 0.2) is 41.0 Å². The summed E-state index contributed by atoms with van der Waals surface area (Å²) in [6.07, 6.45) is 5.63. The number of rotatable bonds is 3. The third-order valence-corrected chi connectivity index (χ3v) is 2.40. The lowest BCUT2D eigenvalue weighted by molar-refractivity contribution is -0.671. The maximum absolute atomic E-state index is 5.92. The molecule has 0 bridgehead atoms. The number of nitrogens with zero attached hydrogens (tertiary/aromatic N) is 5. The Balaban J connectivity index is 2.24. The molecule has 0 saturated carbocycles. The number of hydrogen-bond donors (Lipinski definition) is 1. The molecule has 0 amide bonds. The molecule has 0 radical (unpaired) electrons. The van der Waals surface area contributed by atoms with Crippen LogP contribution in [-0.2, 0) is 13.6 Å². The SMILES string of the molecule is CN=Nc1cnn(Cc2ccc[n+](C)c2)c1N. The standard InChI is InChI=1S/C11H15N6/c1-13-15-10-6-14-17(11(10)12)8-9-4-3-5-16(2)7-9/h3-7H,8,12H2,1-2H3/q+1. The number of pyridine rings is 1. The molecule has 0 spiro atoms. The van der Waals surface area contributed by atoms with Crippen LogP contribution in [0.25, 0.3) is 0 Å². The molecule has 2 heterocycles. The highest BCUT2D eigenvalue weighted by Gasteiger charge is 2.08. The van der Waals surface area contributed by atoms with Crippen LogP contribution in [0, 0.1) is 0 Å². The lowest BCUT2D eigenvalue weighted by atomic mass is 10.3. The second-order valence-corrected chi connectivity index (χ2v) is 3.75. The normalized spacial score (nSPS) is 11.2. The van der Waals surface area contributed by atoms with Crippen molar-refractivity contribution in [1.29, 1.82) is 0 Å². The van der Waals surface area contributed by atoms with Gasteiger partial charge in [0.1, 0.15) is 18.6 Å². The van der Waals surface area contributed by atoms with E-state index in [0.29, 0.717) is 18.1 Å². The van der Waals surface area contributed by atoms with E-state index in [1.807, 2.05) is 36.1 Å². The van der Waals surface area contributed by atoms with Crippen LogP contribution in [0.4, 0.5) is 11.5 Å². The zero-order chi connectivity index (χ0) is 12.3. The van der Waals surface area contributed by atoms with E-state index in [-0.39, 0.29) is 0 Å². The molecule has 0 aliphatic heterocycles. The van der Waals surface area contributed by atoms with Gasteiger partial charge in [0, 0.05) is 18.7 Å². The third-order valence-electron chi connectivity index (χ3n) is 2.40. The first-order valence-corrected chi connectivity index (χ1v) is 5.26. The Bertz CT molecular complexity index is 543. The fourth-order valence-electron chi connectivity index (χ4n) is 1.61. The van der Waals surface area contributed by atoms with Gasteiger partial charge in [-0.05, 0) is 6.07 Å². The van der Waals surface area contributed by atoms with Crippen molar-refractivity contribution in [1.82, 2.24) is 9.78 Å². The maximum Gasteiger partial charge on any atom is 0.173 e. The maximum atomic E-state index is 5.92. The Labute approximate surface area is 99.4 Å². The predicted octanol–water partition coefficient (Wildman–Crippen LogP) is 1.05. The monoisotopic (exact) mass is 231 g/mol. The van der Waals surface area contributed by atoms with Crippen molar-refractivity contribution in [2.24, 2.45) is 17.3 Å². The largest absolute Gasteiger partial charge is 0.382 e. The van der Waals surface area contributed by atoms with Gasteiger partial charge in [-0.1, -0.05) is 0 Å². The van der Waals surface area contributed by atoms with Crippen molar-refractivity contribution < 1.29 is 4.57 Å². The summed E-state index contributed by atoms with van der Waals surface area (Å²) < 4.78 is 3.70. The predicted molar refractivity (Wildman–Crippen MR) is 63.8 cm³/mol. The average Bonchev–Trinajstić information content (AvgIpc) is 2.62. The molecule has 2 aromatic heterocycles. The van der Waals surface area contributed by atoms with E-state index in [9.17, 15) is 0 Å². The molecule has 2 aromatic rings. The third kappa shape index (κ3) is 2.47. The van der Waals surface area contributed by atoms with Gasteiger partial charge in [0.05, 0.1) is 12.7 Å². The van der Waals surface area contributed by atoms with Crippen molar-refractivity contribution in [3.8, 4) is 0 Å². The van der Waals surface area contributed by atoms with E-state index in [2.05, 4.69) is 15.3 Å². The molecule has 0 aliphatic rings. The highest BCUT2D eigenvalue weighted by molar-refractivity contribution is 5.56. The van der Waals surface area contributed by atoms with E-state index >= 15 is 0 Å². The van der Waals surface area contributed by atoms with Crippen LogP contribution in [0.3, 0.4) is 0 Å². The van der Waals surface area contributed by atoms with Gasteiger partial charge in [0.2, 0.25) is 0 Å². The van der Waals surface area contributed by atoms with Gasteiger partial charge >= 0.3 is 0 Å². The molecular formula is C11H15N6+. The zero-order valence-electron chi connectivity index (χ0n) is 9.91. The smallest absolute Gasteiger partial charge is 0.173 e. The molecule has 0 aromatic carbocycles. The van der Waals surface area contributed by atoms with Gasteiger partial charge in [-0.15, -0.1) is 0 Å². The zero-order valence-corrected chi connectivity index (χ0v) is 9.91. The second kappa shape index (κ2) is 4.73. The van der Waals surface area contributed by atoms with Crippen molar-refractivity contribution in [2.75, 3.05) is 12.8 Å². The molecule has 0 saturated heterocycles. The highest BCUT2D eigenvalue weighted by atomic mass is 15.3. The molecule has 6 nitrogen and oxygen atoms in total. The molecule has 0 atom stereocenters. The summed E-state index contributed by atoms with van der Waals surface area (Å²) in [4.78, 5) is 0. The summed E-state index contributed by atoms with van der Waals surface area (Å²) in [6, 6.07) is 4.02. The van der Waals surface area contributed by atoms with Crippen LogP contribution in [0.1, 0.15) is 5.56 Å². The summed E-state index contributed by atoms with van der Waals surface area (Å²) in [5, 5.41) is 11.8. The topological polar surface area (TPSA) is 72.4 Å². The summed E-state index contributed by atoms with van der Waals surface area (Å²) in [6.45, 7) is 0.625. The lowest BCUT2D eigenvalue weighted by Gasteiger charge is -2.02. The van der Waals surface area contributed by atoms with Crippen LogP contribution < -0.4 is 10.3 Å². The van der Waals surface area contributed by atoms with E-state index in [1.165, 1.54) is 0 Å². The van der Waals surface area contributed by atoms with Gasteiger partial charge in [0.15, 0.2) is 12.4 Å². The fraction of sp³-hybridized carbons (Fsp3) is 0.273. The molecule has 2 rings (SSSR count). The number of nitrogen functional groups attached to an aromatic ring is 1. The van der Waals surface area contributed by atoms with Crippen LogP contribution >= 0.6 is 0 Å². The van der Waals surface area contributed by atoms with Crippen molar-refractivity contribution in [3.63, 3.8) is 0 Å². The van der Waals surface area contributed by atoms with E-state index < -0.39 is 0 Å². The molecule has 17 heavy (non-hydrogen) atoms. The molecule has 88 valence electrons. The summed E-state index contributed by atoms with van der Waals surface area (Å²) >= 11 is 0. The number of aromatic nitrogens is 3. The number of anilines is 1. The molecule has 2 N–H and O–H groups in total. The van der Waals surface area contributed by atoms with E-state index in [1.54, 1.807) is 17.9 Å². The highest BCUT2D eigenvalue weighted by Crippen LogP contribution is 2.21. The van der Waals surface area contributed by atoms with Crippen LogP contribution in [-0.4, -0.2) is 16.8 Å². The Morgan fingerprint density at radius 2 is 2.35 bits per heavy atom. The number of nitrogens with two attached hydrogens (primary N) is 1. The molecule has 6 heteroatoms. The van der Waals surface area contributed by atoms with Crippen LogP contribution in [0.2, 0.25) is 0 Å². The first-order chi connectivity index (χ1) is 8.20. The molecular weight excluding hydrogens is 216 g/mol. The first-order valence-electron chi connectivity index (χ1n) is 5.26. The lowest BCUT2D eigenvalue weighted by Crippen LogP contribution is -2.27. The van der Waals surface area contributed by atoms with Gasteiger partial charge in [-0.3, -0.25) is 0 Å². The van der Waals surface area contributed by atoms with E-state index in [4.69, 9.17) is 5.73 Å². The van der Waals surface area contributed by atoms with Gasteiger partial charge < -0.3 is 5.73 Å². The quantitative estimate of drug-likeness (QED) is 0.633. The summed E-state index contributed by atoms with van der Waals surface area (Å²) in [5.41, 5.74) is 7.65. The minimum atomic E-state index is 0.530. The summed E-state index contributed by atoms with van der Waals surface area (Å²) in [5.74, 6) is 0.530. The number of hydrogen-bond acceptors (Lipinski definition) is 4. The number of aryl methyl sites for hydroxylation is 1. The Hall–Kier alpha value is -2.24. The first kappa shape index (κ1) is 11.3. The van der Waals surface area contributed by atoms with Crippen LogP contribution in [0.5, 0.6) is 0 Å². The molecule has 0 aliphatic carbocycles.